The minimum absolute atomic E-state index is 0.325. The SMILES string of the molecule is O=C1S/C(=C/c2cn(Cc3ccc(Cl)cc3)c3ccccc23)C(=O)N1c1ccc(Cl)cc1. The van der Waals surface area contributed by atoms with Gasteiger partial charge in [-0.25, -0.2) is 4.90 Å². The van der Waals surface area contributed by atoms with Crippen LogP contribution in [-0.4, -0.2) is 15.7 Å². The van der Waals surface area contributed by atoms with Gasteiger partial charge in [0.15, 0.2) is 0 Å². The number of hydrogen-bond donors (Lipinski definition) is 0. The second-order valence-corrected chi connectivity index (χ2v) is 9.22. The van der Waals surface area contributed by atoms with Gasteiger partial charge in [-0.3, -0.25) is 9.59 Å². The third kappa shape index (κ3) is 3.95. The summed E-state index contributed by atoms with van der Waals surface area (Å²) in [6.07, 6.45) is 3.80. The van der Waals surface area contributed by atoms with E-state index in [0.717, 1.165) is 33.8 Å². The number of thioether (sulfide) groups is 1. The van der Waals surface area contributed by atoms with Gasteiger partial charge in [-0.2, -0.15) is 0 Å². The fourth-order valence-corrected chi connectivity index (χ4v) is 4.81. The maximum Gasteiger partial charge on any atom is 0.298 e. The maximum absolute atomic E-state index is 13.0. The number of anilines is 1. The summed E-state index contributed by atoms with van der Waals surface area (Å²) in [6.45, 7) is 0.664. The molecule has 32 heavy (non-hydrogen) atoms. The van der Waals surface area contributed by atoms with Crippen LogP contribution in [-0.2, 0) is 11.3 Å². The summed E-state index contributed by atoms with van der Waals surface area (Å²) in [5.41, 5.74) is 3.55. The fraction of sp³-hybridized carbons (Fsp3) is 0.0400. The molecule has 158 valence electrons. The number of carbonyl (C=O) groups is 2. The normalized spacial score (nSPS) is 15.3. The number of nitrogens with zero attached hydrogens (tertiary/aromatic N) is 2. The third-order valence-corrected chi connectivity index (χ3v) is 6.62. The molecular weight excluding hydrogens is 463 g/mol. The Morgan fingerprint density at radius 3 is 2.22 bits per heavy atom. The van der Waals surface area contributed by atoms with Crippen LogP contribution in [0.25, 0.3) is 17.0 Å². The van der Waals surface area contributed by atoms with E-state index in [-0.39, 0.29) is 11.1 Å². The first-order valence-corrected chi connectivity index (χ1v) is 11.4. The van der Waals surface area contributed by atoms with Gasteiger partial charge < -0.3 is 4.57 Å². The zero-order chi connectivity index (χ0) is 22.2. The molecule has 1 aliphatic heterocycles. The van der Waals surface area contributed by atoms with E-state index in [2.05, 4.69) is 4.57 Å². The van der Waals surface area contributed by atoms with Gasteiger partial charge in [0.2, 0.25) is 0 Å². The Bertz CT molecular complexity index is 1380. The lowest BCUT2D eigenvalue weighted by Gasteiger charge is -2.12. The molecule has 0 radical (unpaired) electrons. The van der Waals surface area contributed by atoms with Gasteiger partial charge in [-0.15, -0.1) is 0 Å². The molecule has 5 rings (SSSR count). The minimum atomic E-state index is -0.336. The van der Waals surface area contributed by atoms with Crippen molar-refractivity contribution in [2.24, 2.45) is 0 Å². The van der Waals surface area contributed by atoms with Crippen LogP contribution in [0.2, 0.25) is 10.0 Å². The molecule has 0 saturated carbocycles. The lowest BCUT2D eigenvalue weighted by Crippen LogP contribution is -2.27. The van der Waals surface area contributed by atoms with E-state index in [0.29, 0.717) is 27.2 Å². The number of rotatable bonds is 4. The smallest absolute Gasteiger partial charge is 0.298 e. The highest BCUT2D eigenvalue weighted by Gasteiger charge is 2.36. The zero-order valence-electron chi connectivity index (χ0n) is 16.7. The lowest BCUT2D eigenvalue weighted by molar-refractivity contribution is -0.113. The highest BCUT2D eigenvalue weighted by atomic mass is 35.5. The monoisotopic (exact) mass is 478 g/mol. The summed E-state index contributed by atoms with van der Waals surface area (Å²) in [4.78, 5) is 27.2. The topological polar surface area (TPSA) is 42.3 Å². The molecule has 0 spiro atoms. The predicted octanol–water partition coefficient (Wildman–Crippen LogP) is 7.24. The largest absolute Gasteiger partial charge is 0.342 e. The van der Waals surface area contributed by atoms with E-state index in [9.17, 15) is 9.59 Å². The number of imide groups is 1. The van der Waals surface area contributed by atoms with Crippen molar-refractivity contribution in [2.45, 2.75) is 6.54 Å². The summed E-state index contributed by atoms with van der Waals surface area (Å²) >= 11 is 12.9. The predicted molar refractivity (Wildman–Crippen MR) is 132 cm³/mol. The first-order chi connectivity index (χ1) is 15.5. The second kappa shape index (κ2) is 8.51. The Kier molecular flexibility index (Phi) is 5.55. The molecule has 7 heteroatoms. The lowest BCUT2D eigenvalue weighted by atomic mass is 10.1. The summed E-state index contributed by atoms with van der Waals surface area (Å²) in [5.74, 6) is -0.336. The van der Waals surface area contributed by atoms with Gasteiger partial charge in [0.25, 0.3) is 11.1 Å². The van der Waals surface area contributed by atoms with Crippen molar-refractivity contribution in [2.75, 3.05) is 4.90 Å². The molecule has 1 fully saturated rings. The number of fused-ring (bicyclic) bond motifs is 1. The number of aromatic nitrogens is 1. The van der Waals surface area contributed by atoms with Crippen molar-refractivity contribution >= 4 is 68.8 Å². The highest BCUT2D eigenvalue weighted by Crippen LogP contribution is 2.37. The van der Waals surface area contributed by atoms with E-state index in [1.54, 1.807) is 30.3 Å². The summed E-state index contributed by atoms with van der Waals surface area (Å²) in [5, 5.41) is 1.93. The van der Waals surface area contributed by atoms with Gasteiger partial charge in [-0.1, -0.05) is 53.5 Å². The first kappa shape index (κ1) is 20.9. The molecule has 3 aromatic carbocycles. The first-order valence-electron chi connectivity index (χ1n) is 9.85. The van der Waals surface area contributed by atoms with Crippen molar-refractivity contribution in [3.8, 4) is 0 Å². The van der Waals surface area contributed by atoms with Gasteiger partial charge in [0.1, 0.15) is 0 Å². The van der Waals surface area contributed by atoms with E-state index >= 15 is 0 Å². The number of benzene rings is 3. The number of halogens is 2. The van der Waals surface area contributed by atoms with E-state index in [1.807, 2.05) is 54.7 Å². The Hall–Kier alpha value is -2.99. The Labute approximate surface area is 199 Å². The van der Waals surface area contributed by atoms with Crippen LogP contribution in [0.4, 0.5) is 10.5 Å². The molecule has 4 aromatic rings. The Balaban J connectivity index is 1.51. The number of para-hydroxylation sites is 1. The van der Waals surface area contributed by atoms with Crippen LogP contribution in [0.15, 0.2) is 83.9 Å². The van der Waals surface area contributed by atoms with Crippen LogP contribution in [0.1, 0.15) is 11.1 Å². The summed E-state index contributed by atoms with van der Waals surface area (Å²) in [6, 6.07) is 22.4. The molecule has 2 amide bonds. The molecule has 2 heterocycles. The average molecular weight is 479 g/mol. The molecule has 0 atom stereocenters. The quantitative estimate of drug-likeness (QED) is 0.290. The van der Waals surface area contributed by atoms with Crippen LogP contribution in [0.5, 0.6) is 0 Å². The molecule has 1 aromatic heterocycles. The Morgan fingerprint density at radius 2 is 1.50 bits per heavy atom. The van der Waals surface area contributed by atoms with Crippen molar-refractivity contribution in [3.63, 3.8) is 0 Å². The summed E-state index contributed by atoms with van der Waals surface area (Å²) in [7, 11) is 0. The number of hydrogen-bond acceptors (Lipinski definition) is 3. The van der Waals surface area contributed by atoms with E-state index in [1.165, 1.54) is 4.90 Å². The standard InChI is InChI=1S/C25H16Cl2N2O2S/c26-18-7-5-16(6-8-18)14-28-15-17(21-3-1-2-4-22(21)28)13-23-24(30)29(25(31)32-23)20-11-9-19(27)10-12-20/h1-13,15H,14H2/b23-13+. The van der Waals surface area contributed by atoms with Crippen molar-refractivity contribution in [1.29, 1.82) is 0 Å². The molecule has 1 saturated heterocycles. The highest BCUT2D eigenvalue weighted by molar-refractivity contribution is 8.19. The number of amides is 2. The second-order valence-electron chi connectivity index (χ2n) is 7.35. The Morgan fingerprint density at radius 1 is 0.844 bits per heavy atom. The van der Waals surface area contributed by atoms with Crippen molar-refractivity contribution in [3.05, 3.63) is 105 Å². The molecule has 0 bridgehead atoms. The van der Waals surface area contributed by atoms with Gasteiger partial charge in [0, 0.05) is 39.3 Å². The van der Waals surface area contributed by atoms with Crippen LogP contribution >= 0.6 is 35.0 Å². The van der Waals surface area contributed by atoms with Crippen LogP contribution < -0.4 is 4.90 Å². The fourth-order valence-electron chi connectivity index (χ4n) is 3.73. The molecule has 0 N–H and O–H groups in total. The molecular formula is C25H16Cl2N2O2S. The summed E-state index contributed by atoms with van der Waals surface area (Å²) < 4.78 is 2.13. The van der Waals surface area contributed by atoms with Gasteiger partial charge in [0.05, 0.1) is 10.6 Å². The van der Waals surface area contributed by atoms with Crippen LogP contribution in [0, 0.1) is 0 Å². The maximum atomic E-state index is 13.0. The minimum Gasteiger partial charge on any atom is -0.342 e. The molecule has 0 unspecified atom stereocenters. The average Bonchev–Trinajstić information content (AvgIpc) is 3.27. The van der Waals surface area contributed by atoms with Crippen molar-refractivity contribution in [1.82, 2.24) is 4.57 Å². The third-order valence-electron chi connectivity index (χ3n) is 5.25. The molecule has 0 aliphatic carbocycles. The number of carbonyl (C=O) groups excluding carboxylic acids is 2. The molecule has 1 aliphatic rings. The van der Waals surface area contributed by atoms with Gasteiger partial charge >= 0.3 is 0 Å². The van der Waals surface area contributed by atoms with E-state index < -0.39 is 0 Å². The van der Waals surface area contributed by atoms with Crippen molar-refractivity contribution < 1.29 is 9.59 Å². The molecule has 4 nitrogen and oxygen atoms in total. The zero-order valence-corrected chi connectivity index (χ0v) is 19.0. The van der Waals surface area contributed by atoms with Crippen LogP contribution in [0.3, 0.4) is 0 Å². The van der Waals surface area contributed by atoms with E-state index in [4.69, 9.17) is 23.2 Å². The van der Waals surface area contributed by atoms with Gasteiger partial charge in [-0.05, 0) is 65.9 Å².